The van der Waals surface area contributed by atoms with Crippen LogP contribution in [0.4, 0.5) is 0 Å². The zero-order chi connectivity index (χ0) is 16.6. The number of para-hydroxylation sites is 1. The molecule has 0 N–H and O–H groups in total. The lowest BCUT2D eigenvalue weighted by Gasteiger charge is -2.32. The quantitative estimate of drug-likeness (QED) is 0.579. The zero-order valence-electron chi connectivity index (χ0n) is 14.0. The zero-order valence-corrected chi connectivity index (χ0v) is 14.0. The summed E-state index contributed by atoms with van der Waals surface area (Å²) in [5.41, 5.74) is 2.54. The maximum Gasteiger partial charge on any atom is 0.164 e. The Morgan fingerprint density at radius 2 is 1.58 bits per heavy atom. The minimum Gasteiger partial charge on any atom is -0.534 e. The summed E-state index contributed by atoms with van der Waals surface area (Å²) >= 11 is 0. The number of rotatable bonds is 7. The van der Waals surface area contributed by atoms with E-state index in [1.807, 2.05) is 34.8 Å². The first-order chi connectivity index (χ1) is 11.8. The fourth-order valence-electron chi connectivity index (χ4n) is 2.89. The third kappa shape index (κ3) is 5.34. The SMILES string of the molecule is [O-][O+]1CCN(CCCc2ccc(COc3ccccc3)cc2)CC1. The van der Waals surface area contributed by atoms with Gasteiger partial charge >= 0.3 is 0 Å². The monoisotopic (exact) mass is 327 g/mol. The van der Waals surface area contributed by atoms with Crippen molar-refractivity contribution in [3.8, 4) is 5.75 Å². The molecule has 1 fully saturated rings. The predicted octanol–water partition coefficient (Wildman–Crippen LogP) is 2.34. The molecule has 24 heavy (non-hydrogen) atoms. The molecule has 4 nitrogen and oxygen atoms in total. The highest BCUT2D eigenvalue weighted by molar-refractivity contribution is 5.24. The smallest absolute Gasteiger partial charge is 0.164 e. The van der Waals surface area contributed by atoms with E-state index in [1.54, 1.807) is 0 Å². The summed E-state index contributed by atoms with van der Waals surface area (Å²) < 4.78 is 7.67. The largest absolute Gasteiger partial charge is 0.534 e. The molecule has 0 unspecified atom stereocenters. The maximum atomic E-state index is 11.1. The predicted molar refractivity (Wildman–Crippen MR) is 92.8 cm³/mol. The van der Waals surface area contributed by atoms with Crippen molar-refractivity contribution in [1.29, 1.82) is 0 Å². The minimum absolute atomic E-state index is 0.566. The summed E-state index contributed by atoms with van der Waals surface area (Å²) in [6.45, 7) is 4.52. The Bertz CT molecular complexity index is 592. The molecule has 0 radical (unpaired) electrons. The van der Waals surface area contributed by atoms with Crippen LogP contribution in [0.5, 0.6) is 5.75 Å². The summed E-state index contributed by atoms with van der Waals surface area (Å²) in [7, 11) is 0. The normalized spacial score (nSPS) is 16.2. The summed E-state index contributed by atoms with van der Waals surface area (Å²) in [5, 5.41) is 11.1. The molecular weight excluding hydrogens is 302 g/mol. The van der Waals surface area contributed by atoms with Crippen molar-refractivity contribution in [3.63, 3.8) is 0 Å². The van der Waals surface area contributed by atoms with Crippen LogP contribution in [0, 0.1) is 0 Å². The van der Waals surface area contributed by atoms with Gasteiger partial charge in [0.25, 0.3) is 0 Å². The first-order valence-corrected chi connectivity index (χ1v) is 8.62. The molecule has 0 amide bonds. The lowest BCUT2D eigenvalue weighted by molar-refractivity contribution is -0.797. The minimum atomic E-state index is 0.566. The highest BCUT2D eigenvalue weighted by Crippen LogP contribution is 2.13. The second-order valence-electron chi connectivity index (χ2n) is 6.21. The molecule has 0 spiro atoms. The standard InChI is InChI=1S/C20H25NO3/c22-24-15-13-21(14-16-24)12-4-5-18-8-10-19(11-9-18)17-23-20-6-2-1-3-7-20/h1-3,6-11H,4-5,12-17H2. The third-order valence-corrected chi connectivity index (χ3v) is 4.38. The molecule has 3 rings (SSSR count). The van der Waals surface area contributed by atoms with Gasteiger partial charge in [-0.1, -0.05) is 42.5 Å². The molecule has 1 saturated heterocycles. The van der Waals surface area contributed by atoms with Crippen LogP contribution in [0.3, 0.4) is 0 Å². The number of hydrogen-bond donors (Lipinski definition) is 0. The van der Waals surface area contributed by atoms with Crippen LogP contribution in [0.1, 0.15) is 17.5 Å². The summed E-state index contributed by atoms with van der Waals surface area (Å²) in [6.07, 6.45) is 2.20. The topological polar surface area (TPSA) is 38.2 Å². The number of aryl methyl sites for hydroxylation is 1. The van der Waals surface area contributed by atoms with E-state index in [1.165, 1.54) is 11.1 Å². The van der Waals surface area contributed by atoms with Crippen molar-refractivity contribution < 1.29 is 14.5 Å². The van der Waals surface area contributed by atoms with Gasteiger partial charge in [-0.2, -0.15) is 0 Å². The van der Waals surface area contributed by atoms with Gasteiger partial charge in [0.05, 0.1) is 13.1 Å². The van der Waals surface area contributed by atoms with E-state index in [-0.39, 0.29) is 0 Å². The summed E-state index contributed by atoms with van der Waals surface area (Å²) in [4.78, 5) is 2.36. The van der Waals surface area contributed by atoms with Gasteiger partial charge in [0.15, 0.2) is 13.2 Å². The first kappa shape index (κ1) is 17.0. The van der Waals surface area contributed by atoms with Crippen LogP contribution in [0.25, 0.3) is 0 Å². The maximum absolute atomic E-state index is 11.1. The van der Waals surface area contributed by atoms with E-state index in [9.17, 15) is 5.26 Å². The van der Waals surface area contributed by atoms with Crippen molar-refractivity contribution in [2.24, 2.45) is 0 Å². The highest BCUT2D eigenvalue weighted by Gasteiger charge is 2.15. The number of hydrogen-bond acceptors (Lipinski definition) is 3. The molecule has 1 aliphatic rings. The number of benzene rings is 2. The van der Waals surface area contributed by atoms with E-state index in [4.69, 9.17) is 4.74 Å². The average molecular weight is 327 g/mol. The van der Waals surface area contributed by atoms with E-state index < -0.39 is 0 Å². The van der Waals surface area contributed by atoms with Gasteiger partial charge in [0, 0.05) is 0 Å². The van der Waals surface area contributed by atoms with Gasteiger partial charge in [-0.3, -0.25) is 4.90 Å². The highest BCUT2D eigenvalue weighted by atomic mass is 17.2. The second-order valence-corrected chi connectivity index (χ2v) is 6.21. The van der Waals surface area contributed by atoms with Crippen LogP contribution in [-0.2, 0) is 17.5 Å². The second kappa shape index (κ2) is 8.83. The van der Waals surface area contributed by atoms with Gasteiger partial charge in [0.2, 0.25) is 0 Å². The first-order valence-electron chi connectivity index (χ1n) is 8.62. The molecule has 128 valence electrons. The van der Waals surface area contributed by atoms with Crippen molar-refractivity contribution in [2.75, 3.05) is 32.8 Å². The molecule has 4 heteroatoms. The van der Waals surface area contributed by atoms with Crippen LogP contribution >= 0.6 is 0 Å². The lowest BCUT2D eigenvalue weighted by Crippen LogP contribution is -2.46. The van der Waals surface area contributed by atoms with E-state index >= 15 is 0 Å². The van der Waals surface area contributed by atoms with Crippen molar-refractivity contribution >= 4 is 0 Å². The Hall–Kier alpha value is -1.88. The molecule has 0 atom stereocenters. The molecule has 0 aromatic heterocycles. The molecule has 2 aromatic rings. The van der Waals surface area contributed by atoms with Crippen molar-refractivity contribution in [2.45, 2.75) is 19.4 Å². The Morgan fingerprint density at radius 3 is 2.29 bits per heavy atom. The molecular formula is C20H25NO3. The van der Waals surface area contributed by atoms with Crippen molar-refractivity contribution in [3.05, 3.63) is 65.7 Å². The lowest BCUT2D eigenvalue weighted by atomic mass is 10.1. The van der Waals surface area contributed by atoms with E-state index in [0.29, 0.717) is 19.8 Å². The van der Waals surface area contributed by atoms with E-state index in [0.717, 1.165) is 38.2 Å². The fourth-order valence-corrected chi connectivity index (χ4v) is 2.89. The van der Waals surface area contributed by atoms with Gasteiger partial charge in [-0.15, -0.1) is 0 Å². The Labute approximate surface area is 143 Å². The van der Waals surface area contributed by atoms with Crippen LogP contribution in [0.2, 0.25) is 0 Å². The Kier molecular flexibility index (Phi) is 6.24. The molecule has 0 bridgehead atoms. The number of morpholine rings is 1. The molecule has 1 aliphatic heterocycles. The molecule has 2 aromatic carbocycles. The third-order valence-electron chi connectivity index (χ3n) is 4.38. The molecule has 0 aliphatic carbocycles. The molecule has 0 saturated carbocycles. The van der Waals surface area contributed by atoms with Gasteiger partial charge < -0.3 is 14.5 Å². The van der Waals surface area contributed by atoms with Crippen LogP contribution < -0.4 is 9.99 Å². The van der Waals surface area contributed by atoms with Gasteiger partial charge in [-0.25, -0.2) is 0 Å². The summed E-state index contributed by atoms with van der Waals surface area (Å²) in [5.74, 6) is 0.901. The van der Waals surface area contributed by atoms with Crippen LogP contribution in [0.15, 0.2) is 54.6 Å². The Morgan fingerprint density at radius 1 is 0.917 bits per heavy atom. The van der Waals surface area contributed by atoms with Gasteiger partial charge in [-0.05, 0) is 42.6 Å². The number of ether oxygens (including phenoxy) is 1. The van der Waals surface area contributed by atoms with Gasteiger partial charge in [0.1, 0.15) is 12.4 Å². The number of nitrogens with zero attached hydrogens (tertiary/aromatic N) is 1. The molecule has 1 heterocycles. The Balaban J connectivity index is 1.38. The van der Waals surface area contributed by atoms with Crippen LogP contribution in [-0.4, -0.2) is 37.7 Å². The van der Waals surface area contributed by atoms with Crippen molar-refractivity contribution in [1.82, 2.24) is 4.90 Å². The van der Waals surface area contributed by atoms with E-state index in [2.05, 4.69) is 29.2 Å². The average Bonchev–Trinajstić information content (AvgIpc) is 2.64. The fraction of sp³-hybridized carbons (Fsp3) is 0.400. The summed E-state index contributed by atoms with van der Waals surface area (Å²) in [6, 6.07) is 18.6.